The quantitative estimate of drug-likeness (QED) is 0.935. The predicted octanol–water partition coefficient (Wildman–Crippen LogP) is 3.62. The summed E-state index contributed by atoms with van der Waals surface area (Å²) in [6.45, 7) is 6.06. The van der Waals surface area contributed by atoms with Gasteiger partial charge >= 0.3 is 0 Å². The van der Waals surface area contributed by atoms with Crippen LogP contribution in [0.1, 0.15) is 32.2 Å². The van der Waals surface area contributed by atoms with Crippen molar-refractivity contribution < 1.29 is 8.78 Å². The van der Waals surface area contributed by atoms with E-state index in [0.29, 0.717) is 16.5 Å². The fourth-order valence-electron chi connectivity index (χ4n) is 1.53. The molecule has 0 spiro atoms. The summed E-state index contributed by atoms with van der Waals surface area (Å²) in [5.74, 6) is -0.620. The Labute approximate surface area is 114 Å². The summed E-state index contributed by atoms with van der Waals surface area (Å²) < 4.78 is 30.5. The summed E-state index contributed by atoms with van der Waals surface area (Å²) in [5, 5.41) is 3.90. The van der Waals surface area contributed by atoms with E-state index >= 15 is 0 Å². The molecule has 0 aliphatic rings. The van der Waals surface area contributed by atoms with E-state index < -0.39 is 11.6 Å². The van der Waals surface area contributed by atoms with E-state index in [2.05, 4.69) is 14.7 Å². The van der Waals surface area contributed by atoms with Crippen molar-refractivity contribution in [2.24, 2.45) is 0 Å². The molecule has 1 heterocycles. The summed E-state index contributed by atoms with van der Waals surface area (Å²) in [6, 6.07) is 3.53. The third-order valence-electron chi connectivity index (χ3n) is 2.31. The molecule has 0 bridgehead atoms. The van der Waals surface area contributed by atoms with Crippen LogP contribution in [0.3, 0.4) is 0 Å². The number of nitrogens with one attached hydrogen (secondary N) is 1. The normalized spacial score (nSPS) is 11.6. The highest BCUT2D eigenvalue weighted by molar-refractivity contribution is 7.09. The minimum absolute atomic E-state index is 0.0993. The minimum Gasteiger partial charge on any atom is -0.356 e. The van der Waals surface area contributed by atoms with E-state index in [-0.39, 0.29) is 12.0 Å². The van der Waals surface area contributed by atoms with Crippen LogP contribution in [0.4, 0.5) is 13.9 Å². The molecular weight excluding hydrogens is 268 g/mol. The Morgan fingerprint density at radius 1 is 1.26 bits per heavy atom. The van der Waals surface area contributed by atoms with Crippen molar-refractivity contribution in [3.8, 4) is 0 Å². The van der Waals surface area contributed by atoms with Crippen LogP contribution in [-0.4, -0.2) is 14.9 Å². The zero-order valence-corrected chi connectivity index (χ0v) is 11.8. The molecule has 3 nitrogen and oxygen atoms in total. The number of benzene rings is 1. The lowest BCUT2D eigenvalue weighted by atomic mass is 10.1. The molecule has 0 radical (unpaired) electrons. The molecule has 6 heteroatoms. The Balaban J connectivity index is 2.11. The predicted molar refractivity (Wildman–Crippen MR) is 72.4 cm³/mol. The van der Waals surface area contributed by atoms with Crippen LogP contribution in [0, 0.1) is 11.6 Å². The number of hydrogen-bond donors (Lipinski definition) is 1. The van der Waals surface area contributed by atoms with Crippen molar-refractivity contribution in [1.82, 2.24) is 9.36 Å². The SMILES string of the molecule is CC(C)(C)Nc1nc(Cc2ccc(F)cc2F)ns1. The van der Waals surface area contributed by atoms with Crippen molar-refractivity contribution in [2.75, 3.05) is 5.32 Å². The molecule has 0 fully saturated rings. The van der Waals surface area contributed by atoms with Crippen LogP contribution >= 0.6 is 11.5 Å². The van der Waals surface area contributed by atoms with Gasteiger partial charge in [0, 0.05) is 29.6 Å². The molecule has 19 heavy (non-hydrogen) atoms. The maximum absolute atomic E-state index is 13.5. The van der Waals surface area contributed by atoms with Gasteiger partial charge in [-0.15, -0.1) is 0 Å². The number of nitrogens with zero attached hydrogens (tertiary/aromatic N) is 2. The molecule has 2 aromatic rings. The zero-order valence-electron chi connectivity index (χ0n) is 11.0. The molecule has 0 atom stereocenters. The second-order valence-electron chi connectivity index (χ2n) is 5.30. The standard InChI is InChI=1S/C13H15F2N3S/c1-13(2,3)17-12-16-11(18-19-12)6-8-4-5-9(14)7-10(8)15/h4-5,7H,6H2,1-3H3,(H,16,17,18). The molecule has 2 rings (SSSR count). The van der Waals surface area contributed by atoms with Gasteiger partial charge in [-0.3, -0.25) is 0 Å². The van der Waals surface area contributed by atoms with E-state index in [0.717, 1.165) is 6.07 Å². The van der Waals surface area contributed by atoms with E-state index in [1.165, 1.54) is 23.7 Å². The molecule has 1 N–H and O–H groups in total. The zero-order chi connectivity index (χ0) is 14.0. The van der Waals surface area contributed by atoms with Gasteiger partial charge in [0.2, 0.25) is 5.13 Å². The molecule has 0 saturated carbocycles. The molecular formula is C13H15F2N3S. The van der Waals surface area contributed by atoms with Gasteiger partial charge in [-0.05, 0) is 32.4 Å². The first-order chi connectivity index (χ1) is 8.83. The first kappa shape index (κ1) is 13.9. The highest BCUT2D eigenvalue weighted by atomic mass is 32.1. The molecule has 102 valence electrons. The van der Waals surface area contributed by atoms with Crippen LogP contribution in [0.25, 0.3) is 0 Å². The maximum atomic E-state index is 13.5. The number of rotatable bonds is 3. The largest absolute Gasteiger partial charge is 0.356 e. The van der Waals surface area contributed by atoms with Gasteiger partial charge in [-0.1, -0.05) is 6.07 Å². The van der Waals surface area contributed by atoms with Crippen molar-refractivity contribution in [2.45, 2.75) is 32.7 Å². The van der Waals surface area contributed by atoms with Crippen molar-refractivity contribution in [1.29, 1.82) is 0 Å². The molecule has 0 amide bonds. The molecule has 0 aliphatic carbocycles. The van der Waals surface area contributed by atoms with Gasteiger partial charge in [0.15, 0.2) is 0 Å². The van der Waals surface area contributed by atoms with Gasteiger partial charge in [0.25, 0.3) is 0 Å². The summed E-state index contributed by atoms with van der Waals surface area (Å²) in [7, 11) is 0. The lowest BCUT2D eigenvalue weighted by molar-refractivity contribution is 0.573. The number of halogens is 2. The monoisotopic (exact) mass is 283 g/mol. The van der Waals surface area contributed by atoms with Crippen LogP contribution in [-0.2, 0) is 6.42 Å². The van der Waals surface area contributed by atoms with Gasteiger partial charge in [-0.25, -0.2) is 13.8 Å². The van der Waals surface area contributed by atoms with Crippen molar-refractivity contribution in [3.05, 3.63) is 41.2 Å². The third kappa shape index (κ3) is 3.96. The molecule has 0 saturated heterocycles. The summed E-state index contributed by atoms with van der Waals surface area (Å²) in [5.41, 5.74) is 0.291. The summed E-state index contributed by atoms with van der Waals surface area (Å²) >= 11 is 1.24. The smallest absolute Gasteiger partial charge is 0.202 e. The molecule has 0 aliphatic heterocycles. The van der Waals surface area contributed by atoms with Gasteiger partial charge in [-0.2, -0.15) is 4.37 Å². The third-order valence-corrected chi connectivity index (χ3v) is 2.98. The second-order valence-corrected chi connectivity index (χ2v) is 6.06. The van der Waals surface area contributed by atoms with Gasteiger partial charge < -0.3 is 5.32 Å². The molecule has 0 unspecified atom stereocenters. The summed E-state index contributed by atoms with van der Waals surface area (Å²) in [6.07, 6.45) is 0.258. The lowest BCUT2D eigenvalue weighted by Crippen LogP contribution is -2.25. The Kier molecular flexibility index (Phi) is 3.80. The average molecular weight is 283 g/mol. The van der Waals surface area contributed by atoms with Crippen LogP contribution in [0.15, 0.2) is 18.2 Å². The number of hydrogen-bond acceptors (Lipinski definition) is 4. The van der Waals surface area contributed by atoms with Crippen LogP contribution in [0.2, 0.25) is 0 Å². The second kappa shape index (κ2) is 5.21. The first-order valence-electron chi connectivity index (χ1n) is 5.88. The van der Waals surface area contributed by atoms with E-state index in [9.17, 15) is 8.78 Å². The topological polar surface area (TPSA) is 37.8 Å². The highest BCUT2D eigenvalue weighted by Gasteiger charge is 2.14. The van der Waals surface area contributed by atoms with E-state index in [1.54, 1.807) is 0 Å². The van der Waals surface area contributed by atoms with Gasteiger partial charge in [0.1, 0.15) is 17.5 Å². The van der Waals surface area contributed by atoms with E-state index in [4.69, 9.17) is 0 Å². The van der Waals surface area contributed by atoms with Crippen molar-refractivity contribution in [3.63, 3.8) is 0 Å². The van der Waals surface area contributed by atoms with E-state index in [1.807, 2.05) is 20.8 Å². The number of anilines is 1. The Hall–Kier alpha value is -1.56. The van der Waals surface area contributed by atoms with Gasteiger partial charge in [0.05, 0.1) is 0 Å². The highest BCUT2D eigenvalue weighted by Crippen LogP contribution is 2.19. The Morgan fingerprint density at radius 3 is 2.63 bits per heavy atom. The minimum atomic E-state index is -0.581. The van der Waals surface area contributed by atoms with Crippen molar-refractivity contribution >= 4 is 16.7 Å². The van der Waals surface area contributed by atoms with Crippen LogP contribution in [0.5, 0.6) is 0 Å². The molecule has 1 aromatic carbocycles. The lowest BCUT2D eigenvalue weighted by Gasteiger charge is -2.18. The molecule has 1 aromatic heterocycles. The Bertz CT molecular complexity index is 576. The first-order valence-corrected chi connectivity index (χ1v) is 6.65. The van der Waals surface area contributed by atoms with Crippen LogP contribution < -0.4 is 5.32 Å². The number of aromatic nitrogens is 2. The average Bonchev–Trinajstić information content (AvgIpc) is 2.67. The fraction of sp³-hybridized carbons (Fsp3) is 0.385. The summed E-state index contributed by atoms with van der Waals surface area (Å²) in [4.78, 5) is 4.29. The maximum Gasteiger partial charge on any atom is 0.202 e. The Morgan fingerprint density at radius 2 is 2.00 bits per heavy atom. The fourth-order valence-corrected chi connectivity index (χ4v) is 2.33.